The minimum absolute atomic E-state index is 0.133. The molecule has 1 aliphatic heterocycles. The van der Waals surface area contributed by atoms with Gasteiger partial charge in [-0.05, 0) is 24.5 Å². The van der Waals surface area contributed by atoms with E-state index in [0.29, 0.717) is 36.6 Å². The first-order valence-corrected chi connectivity index (χ1v) is 8.13. The average Bonchev–Trinajstić information content (AvgIpc) is 3.05. The number of rotatable bonds is 4. The van der Waals surface area contributed by atoms with E-state index in [1.165, 1.54) is 6.07 Å². The summed E-state index contributed by atoms with van der Waals surface area (Å²) in [4.78, 5) is 18.1. The van der Waals surface area contributed by atoms with Crippen LogP contribution in [0.25, 0.3) is 0 Å². The molecule has 0 radical (unpaired) electrons. The number of likely N-dealkylation sites (tertiary alicyclic amines) is 1. The van der Waals surface area contributed by atoms with Gasteiger partial charge in [0.2, 0.25) is 5.91 Å². The summed E-state index contributed by atoms with van der Waals surface area (Å²) in [5.74, 6) is 1.39. The highest BCUT2D eigenvalue weighted by Crippen LogP contribution is 2.27. The monoisotopic (exact) mass is 316 g/mol. The lowest BCUT2D eigenvalue weighted by atomic mass is 9.98. The van der Waals surface area contributed by atoms with Crippen LogP contribution in [0.3, 0.4) is 0 Å². The highest BCUT2D eigenvalue weighted by molar-refractivity contribution is 5.75. The van der Waals surface area contributed by atoms with Crippen LogP contribution in [0.2, 0.25) is 0 Å². The molecular weight excluding hydrogens is 295 g/mol. The summed E-state index contributed by atoms with van der Waals surface area (Å²) in [7, 11) is 0. The molecular formula is C18H21FN2O2. The van der Waals surface area contributed by atoms with Crippen LogP contribution in [-0.2, 0) is 11.2 Å². The quantitative estimate of drug-likeness (QED) is 0.867. The van der Waals surface area contributed by atoms with Gasteiger partial charge in [-0.25, -0.2) is 9.37 Å². The topological polar surface area (TPSA) is 46.3 Å². The molecule has 2 aromatic rings. The smallest absolute Gasteiger partial charge is 0.222 e. The molecule has 0 unspecified atom stereocenters. The Balaban J connectivity index is 1.69. The number of halogens is 1. The number of oxazole rings is 1. The SMILES string of the molecule is CCC(=O)N1CCC[C@H](c2ncc(Cc3ccccc3F)o2)C1. The third kappa shape index (κ3) is 3.60. The van der Waals surface area contributed by atoms with Crippen LogP contribution in [0.5, 0.6) is 0 Å². The van der Waals surface area contributed by atoms with Crippen molar-refractivity contribution in [2.24, 2.45) is 0 Å². The first-order valence-electron chi connectivity index (χ1n) is 8.13. The largest absolute Gasteiger partial charge is 0.445 e. The number of carbonyl (C=O) groups is 1. The Bertz CT molecular complexity index is 683. The van der Waals surface area contributed by atoms with Crippen molar-refractivity contribution in [1.82, 2.24) is 9.88 Å². The van der Waals surface area contributed by atoms with E-state index < -0.39 is 0 Å². The van der Waals surface area contributed by atoms with E-state index in [4.69, 9.17) is 4.42 Å². The van der Waals surface area contributed by atoms with Gasteiger partial charge in [0.15, 0.2) is 5.89 Å². The fraction of sp³-hybridized carbons (Fsp3) is 0.444. The number of carbonyl (C=O) groups excluding carboxylic acids is 1. The molecule has 122 valence electrons. The van der Waals surface area contributed by atoms with Gasteiger partial charge >= 0.3 is 0 Å². The molecule has 0 N–H and O–H groups in total. The van der Waals surface area contributed by atoms with Crippen LogP contribution < -0.4 is 0 Å². The van der Waals surface area contributed by atoms with Crippen molar-refractivity contribution in [1.29, 1.82) is 0 Å². The van der Waals surface area contributed by atoms with Gasteiger partial charge in [0.1, 0.15) is 11.6 Å². The highest BCUT2D eigenvalue weighted by Gasteiger charge is 2.27. The molecule has 1 aliphatic rings. The number of amides is 1. The predicted octanol–water partition coefficient (Wildman–Crippen LogP) is 3.52. The molecule has 1 aromatic heterocycles. The molecule has 1 saturated heterocycles. The van der Waals surface area contributed by atoms with Gasteiger partial charge in [0.25, 0.3) is 0 Å². The van der Waals surface area contributed by atoms with Gasteiger partial charge in [-0.3, -0.25) is 4.79 Å². The second kappa shape index (κ2) is 6.94. The molecule has 5 heteroatoms. The molecule has 1 aromatic carbocycles. The molecule has 3 rings (SSSR count). The molecule has 1 atom stereocenters. The summed E-state index contributed by atoms with van der Waals surface area (Å²) in [5, 5.41) is 0. The Hall–Kier alpha value is -2.17. The van der Waals surface area contributed by atoms with Crippen molar-refractivity contribution >= 4 is 5.91 Å². The molecule has 0 spiro atoms. The van der Waals surface area contributed by atoms with Gasteiger partial charge in [0.05, 0.1) is 12.1 Å². The Morgan fingerprint density at radius 3 is 3.04 bits per heavy atom. The summed E-state index contributed by atoms with van der Waals surface area (Å²) in [5.41, 5.74) is 0.599. The maximum Gasteiger partial charge on any atom is 0.222 e. The van der Waals surface area contributed by atoms with Crippen LogP contribution in [-0.4, -0.2) is 28.9 Å². The van der Waals surface area contributed by atoms with Gasteiger partial charge in [-0.1, -0.05) is 25.1 Å². The minimum atomic E-state index is -0.233. The van der Waals surface area contributed by atoms with E-state index in [1.807, 2.05) is 17.9 Å². The first kappa shape index (κ1) is 15.7. The van der Waals surface area contributed by atoms with Crippen LogP contribution in [0, 0.1) is 5.82 Å². The second-order valence-electron chi connectivity index (χ2n) is 5.97. The second-order valence-corrected chi connectivity index (χ2v) is 5.97. The number of nitrogens with zero attached hydrogens (tertiary/aromatic N) is 2. The Morgan fingerprint density at radius 1 is 1.43 bits per heavy atom. The zero-order valence-corrected chi connectivity index (χ0v) is 13.3. The molecule has 2 heterocycles. The zero-order valence-electron chi connectivity index (χ0n) is 13.3. The van der Waals surface area contributed by atoms with Crippen LogP contribution in [0.15, 0.2) is 34.9 Å². The van der Waals surface area contributed by atoms with Crippen LogP contribution in [0.4, 0.5) is 4.39 Å². The first-order chi connectivity index (χ1) is 11.2. The zero-order chi connectivity index (χ0) is 16.2. The minimum Gasteiger partial charge on any atom is -0.445 e. The normalized spacial score (nSPS) is 18.2. The van der Waals surface area contributed by atoms with E-state index in [0.717, 1.165) is 19.4 Å². The van der Waals surface area contributed by atoms with Crippen molar-refractivity contribution in [2.45, 2.75) is 38.5 Å². The number of piperidine rings is 1. The third-order valence-electron chi connectivity index (χ3n) is 4.32. The molecule has 23 heavy (non-hydrogen) atoms. The van der Waals surface area contributed by atoms with Gasteiger partial charge in [-0.15, -0.1) is 0 Å². The molecule has 0 saturated carbocycles. The summed E-state index contributed by atoms with van der Waals surface area (Å²) in [6.07, 6.45) is 4.51. The summed E-state index contributed by atoms with van der Waals surface area (Å²) >= 11 is 0. The van der Waals surface area contributed by atoms with E-state index in [1.54, 1.807) is 18.3 Å². The lowest BCUT2D eigenvalue weighted by Gasteiger charge is -2.31. The van der Waals surface area contributed by atoms with Crippen molar-refractivity contribution in [3.05, 3.63) is 53.5 Å². The number of hydrogen-bond donors (Lipinski definition) is 0. The lowest BCUT2D eigenvalue weighted by molar-refractivity contribution is -0.132. The molecule has 4 nitrogen and oxygen atoms in total. The van der Waals surface area contributed by atoms with Crippen molar-refractivity contribution in [3.63, 3.8) is 0 Å². The third-order valence-corrected chi connectivity index (χ3v) is 4.32. The lowest BCUT2D eigenvalue weighted by Crippen LogP contribution is -2.38. The van der Waals surface area contributed by atoms with Gasteiger partial charge in [0, 0.05) is 25.9 Å². The van der Waals surface area contributed by atoms with Crippen LogP contribution in [0.1, 0.15) is 49.3 Å². The van der Waals surface area contributed by atoms with Crippen molar-refractivity contribution in [3.8, 4) is 0 Å². The Labute approximate surface area is 135 Å². The van der Waals surface area contributed by atoms with Gasteiger partial charge < -0.3 is 9.32 Å². The molecule has 1 fully saturated rings. The fourth-order valence-electron chi connectivity index (χ4n) is 3.05. The molecule has 0 bridgehead atoms. The average molecular weight is 316 g/mol. The van der Waals surface area contributed by atoms with Crippen LogP contribution >= 0.6 is 0 Å². The van der Waals surface area contributed by atoms with E-state index in [-0.39, 0.29) is 17.6 Å². The summed E-state index contributed by atoms with van der Waals surface area (Å²) in [6, 6.07) is 6.68. The van der Waals surface area contributed by atoms with E-state index in [9.17, 15) is 9.18 Å². The number of hydrogen-bond acceptors (Lipinski definition) is 3. The standard InChI is InChI=1S/C18H21FN2O2/c1-2-17(22)21-9-5-7-14(12-21)18-20-11-15(23-18)10-13-6-3-4-8-16(13)19/h3-4,6,8,11,14H,2,5,7,9-10,12H2,1H3/t14-/m0/s1. The Morgan fingerprint density at radius 2 is 2.26 bits per heavy atom. The van der Waals surface area contributed by atoms with E-state index in [2.05, 4.69) is 4.98 Å². The maximum absolute atomic E-state index is 13.7. The van der Waals surface area contributed by atoms with Crippen molar-refractivity contribution in [2.75, 3.05) is 13.1 Å². The number of benzene rings is 1. The maximum atomic E-state index is 13.7. The highest BCUT2D eigenvalue weighted by atomic mass is 19.1. The Kier molecular flexibility index (Phi) is 4.74. The fourth-order valence-corrected chi connectivity index (χ4v) is 3.05. The predicted molar refractivity (Wildman–Crippen MR) is 84.6 cm³/mol. The molecule has 0 aliphatic carbocycles. The van der Waals surface area contributed by atoms with Crippen molar-refractivity contribution < 1.29 is 13.6 Å². The summed E-state index contributed by atoms with van der Waals surface area (Å²) < 4.78 is 19.5. The van der Waals surface area contributed by atoms with E-state index >= 15 is 0 Å². The summed E-state index contributed by atoms with van der Waals surface area (Å²) in [6.45, 7) is 3.35. The van der Waals surface area contributed by atoms with Gasteiger partial charge in [-0.2, -0.15) is 0 Å². The molecule has 1 amide bonds. The number of aromatic nitrogens is 1.